The van der Waals surface area contributed by atoms with Gasteiger partial charge in [-0.3, -0.25) is 14.2 Å². The average Bonchev–Trinajstić information content (AvgIpc) is 3.15. The maximum atomic E-state index is 12.4. The summed E-state index contributed by atoms with van der Waals surface area (Å²) >= 11 is 0. The molecule has 9 nitrogen and oxygen atoms in total. The third-order valence-corrected chi connectivity index (χ3v) is 3.59. The van der Waals surface area contributed by atoms with Crippen molar-refractivity contribution in [1.82, 2.24) is 14.7 Å². The molecule has 1 aliphatic heterocycles. The number of aromatic nitrogens is 3. The largest absolute Gasteiger partial charge is 0.376 e. The zero-order chi connectivity index (χ0) is 16.4. The molecule has 23 heavy (non-hydrogen) atoms. The summed E-state index contributed by atoms with van der Waals surface area (Å²) in [6.45, 7) is 2.42. The zero-order valence-electron chi connectivity index (χ0n) is 12.5. The predicted molar refractivity (Wildman–Crippen MR) is 79.5 cm³/mol. The van der Waals surface area contributed by atoms with Crippen LogP contribution in [0, 0.1) is 6.92 Å². The molecule has 1 fully saturated rings. The number of H-pyrrole nitrogens is 1. The van der Waals surface area contributed by atoms with Crippen LogP contribution in [0.25, 0.3) is 0 Å². The second kappa shape index (κ2) is 6.21. The first-order valence-corrected chi connectivity index (χ1v) is 7.23. The molecule has 1 amide bonds. The normalized spacial score (nSPS) is 17.3. The Balaban J connectivity index is 1.85. The third-order valence-electron chi connectivity index (χ3n) is 3.59. The van der Waals surface area contributed by atoms with Crippen LogP contribution in [-0.2, 0) is 11.3 Å². The van der Waals surface area contributed by atoms with Gasteiger partial charge >= 0.3 is 5.69 Å². The van der Waals surface area contributed by atoms with Crippen LogP contribution in [-0.4, -0.2) is 33.3 Å². The van der Waals surface area contributed by atoms with E-state index in [-0.39, 0.29) is 24.0 Å². The quantitative estimate of drug-likeness (QED) is 0.834. The molecular weight excluding hydrogens is 304 g/mol. The highest BCUT2D eigenvalue weighted by Crippen LogP contribution is 2.12. The van der Waals surface area contributed by atoms with Gasteiger partial charge in [-0.15, -0.1) is 0 Å². The van der Waals surface area contributed by atoms with Gasteiger partial charge in [-0.25, -0.2) is 4.79 Å². The van der Waals surface area contributed by atoms with Crippen molar-refractivity contribution in [2.45, 2.75) is 32.4 Å². The maximum Gasteiger partial charge on any atom is 0.328 e. The Morgan fingerprint density at radius 1 is 1.52 bits per heavy atom. The number of carbonyl (C=O) groups excluding carboxylic acids is 1. The second-order valence-electron chi connectivity index (χ2n) is 5.34. The molecule has 3 rings (SSSR count). The summed E-state index contributed by atoms with van der Waals surface area (Å²) in [5.74, 6) is 0.0574. The van der Waals surface area contributed by atoms with Crippen LogP contribution in [0.2, 0.25) is 0 Å². The molecule has 1 atom stereocenters. The first-order valence-electron chi connectivity index (χ1n) is 7.23. The van der Waals surface area contributed by atoms with Gasteiger partial charge in [-0.1, -0.05) is 5.16 Å². The second-order valence-corrected chi connectivity index (χ2v) is 5.34. The number of aryl methyl sites for hydroxylation is 1. The first kappa shape index (κ1) is 15.2. The van der Waals surface area contributed by atoms with Gasteiger partial charge in [0.25, 0.3) is 11.5 Å². The van der Waals surface area contributed by atoms with Crippen LogP contribution < -0.4 is 16.6 Å². The van der Waals surface area contributed by atoms with Crippen molar-refractivity contribution in [2.75, 3.05) is 11.9 Å². The Morgan fingerprint density at radius 3 is 3.00 bits per heavy atom. The lowest BCUT2D eigenvalue weighted by Gasteiger charge is -2.11. The number of rotatable bonds is 4. The van der Waals surface area contributed by atoms with Crippen molar-refractivity contribution >= 4 is 11.7 Å². The fourth-order valence-corrected chi connectivity index (χ4v) is 2.44. The molecule has 0 spiro atoms. The smallest absolute Gasteiger partial charge is 0.328 e. The van der Waals surface area contributed by atoms with Gasteiger partial charge in [0.1, 0.15) is 11.3 Å². The van der Waals surface area contributed by atoms with Crippen molar-refractivity contribution in [3.05, 3.63) is 44.4 Å². The van der Waals surface area contributed by atoms with Gasteiger partial charge in [-0.2, -0.15) is 0 Å². The highest BCUT2D eigenvalue weighted by molar-refractivity contribution is 6.03. The van der Waals surface area contributed by atoms with Crippen molar-refractivity contribution in [1.29, 1.82) is 0 Å². The highest BCUT2D eigenvalue weighted by atomic mass is 16.5. The van der Waals surface area contributed by atoms with Crippen molar-refractivity contribution in [3.8, 4) is 0 Å². The Labute approximate surface area is 130 Å². The monoisotopic (exact) mass is 320 g/mol. The molecule has 0 radical (unpaired) electrons. The van der Waals surface area contributed by atoms with Crippen molar-refractivity contribution < 1.29 is 14.1 Å². The molecule has 122 valence electrons. The fraction of sp³-hybridized carbons (Fsp3) is 0.429. The van der Waals surface area contributed by atoms with E-state index in [0.717, 1.165) is 23.6 Å². The van der Waals surface area contributed by atoms with Crippen LogP contribution >= 0.6 is 0 Å². The van der Waals surface area contributed by atoms with Crippen molar-refractivity contribution in [2.24, 2.45) is 0 Å². The standard InChI is InChI=1S/C14H16N4O5/c1-8-5-11(17-23-8)16-12(19)10-6-15-14(21)18(13(10)20)7-9-3-2-4-22-9/h5-6,9H,2-4,7H2,1H3,(H,15,21)(H,16,17,19). The summed E-state index contributed by atoms with van der Waals surface area (Å²) < 4.78 is 11.3. The number of hydrogen-bond donors (Lipinski definition) is 2. The van der Waals surface area contributed by atoms with E-state index in [1.165, 1.54) is 6.07 Å². The summed E-state index contributed by atoms with van der Waals surface area (Å²) in [6, 6.07) is 1.52. The molecule has 0 saturated carbocycles. The first-order chi connectivity index (χ1) is 11.0. The molecule has 0 bridgehead atoms. The van der Waals surface area contributed by atoms with Crippen LogP contribution in [0.15, 0.2) is 26.4 Å². The number of carbonyl (C=O) groups is 1. The van der Waals surface area contributed by atoms with E-state index >= 15 is 0 Å². The summed E-state index contributed by atoms with van der Waals surface area (Å²) in [7, 11) is 0. The van der Waals surface area contributed by atoms with E-state index in [0.29, 0.717) is 12.4 Å². The van der Waals surface area contributed by atoms with Crippen molar-refractivity contribution in [3.63, 3.8) is 0 Å². The summed E-state index contributed by atoms with van der Waals surface area (Å²) in [6.07, 6.45) is 2.58. The van der Waals surface area contributed by atoms with Gasteiger partial charge < -0.3 is 19.6 Å². The average molecular weight is 320 g/mol. The topological polar surface area (TPSA) is 119 Å². The van der Waals surface area contributed by atoms with Crippen LogP contribution in [0.4, 0.5) is 5.82 Å². The molecule has 9 heteroatoms. The number of ether oxygens (including phenoxy) is 1. The number of nitrogens with zero attached hydrogens (tertiary/aromatic N) is 2. The fourth-order valence-electron chi connectivity index (χ4n) is 2.44. The maximum absolute atomic E-state index is 12.4. The van der Waals surface area contributed by atoms with Gasteiger partial charge in [0.05, 0.1) is 12.6 Å². The molecule has 1 saturated heterocycles. The predicted octanol–water partition coefficient (Wildman–Crippen LogP) is 0.264. The number of amides is 1. The van der Waals surface area contributed by atoms with E-state index < -0.39 is 17.2 Å². The SMILES string of the molecule is Cc1cc(NC(=O)c2c[nH]c(=O)n(CC3CCCO3)c2=O)no1. The molecule has 2 aromatic heterocycles. The van der Waals surface area contributed by atoms with Gasteiger partial charge in [-0.05, 0) is 19.8 Å². The molecule has 0 aromatic carbocycles. The summed E-state index contributed by atoms with van der Waals surface area (Å²) in [4.78, 5) is 38.8. The highest BCUT2D eigenvalue weighted by Gasteiger charge is 2.21. The summed E-state index contributed by atoms with van der Waals surface area (Å²) in [5, 5.41) is 6.08. The Bertz CT molecular complexity index is 828. The van der Waals surface area contributed by atoms with E-state index in [1.807, 2.05) is 0 Å². The van der Waals surface area contributed by atoms with E-state index in [1.54, 1.807) is 6.92 Å². The molecule has 1 aliphatic rings. The van der Waals surface area contributed by atoms with Crippen LogP contribution in [0.3, 0.4) is 0 Å². The molecule has 2 aromatic rings. The van der Waals surface area contributed by atoms with Crippen LogP contribution in [0.5, 0.6) is 0 Å². The number of hydrogen-bond acceptors (Lipinski definition) is 6. The minimum Gasteiger partial charge on any atom is -0.376 e. The Kier molecular flexibility index (Phi) is 4.11. The Morgan fingerprint density at radius 2 is 2.35 bits per heavy atom. The molecule has 1 unspecified atom stereocenters. The molecule has 0 aliphatic carbocycles. The Hall–Kier alpha value is -2.68. The van der Waals surface area contributed by atoms with E-state index in [4.69, 9.17) is 9.26 Å². The van der Waals surface area contributed by atoms with Gasteiger partial charge in [0, 0.05) is 18.9 Å². The lowest BCUT2D eigenvalue weighted by molar-refractivity contribution is 0.0941. The lowest BCUT2D eigenvalue weighted by atomic mass is 10.2. The number of anilines is 1. The third kappa shape index (κ3) is 3.24. The van der Waals surface area contributed by atoms with Gasteiger partial charge in [0.15, 0.2) is 5.82 Å². The zero-order valence-corrected chi connectivity index (χ0v) is 12.5. The minimum absolute atomic E-state index is 0.123. The van der Waals surface area contributed by atoms with Crippen LogP contribution in [0.1, 0.15) is 29.0 Å². The molecule has 2 N–H and O–H groups in total. The van der Waals surface area contributed by atoms with E-state index in [2.05, 4.69) is 15.5 Å². The molecular formula is C14H16N4O5. The minimum atomic E-state index is -0.666. The van der Waals surface area contributed by atoms with E-state index in [9.17, 15) is 14.4 Å². The number of aromatic amines is 1. The number of nitrogens with one attached hydrogen (secondary N) is 2. The molecule has 3 heterocycles. The lowest BCUT2D eigenvalue weighted by Crippen LogP contribution is -2.41. The van der Waals surface area contributed by atoms with Gasteiger partial charge in [0.2, 0.25) is 0 Å². The summed E-state index contributed by atoms with van der Waals surface area (Å²) in [5.41, 5.74) is -1.41.